The molecule has 4 nitrogen and oxygen atoms in total. The summed E-state index contributed by atoms with van der Waals surface area (Å²) in [6.45, 7) is 1.88. The molecule has 0 aliphatic carbocycles. The Labute approximate surface area is 90.8 Å². The number of rotatable bonds is 2. The van der Waals surface area contributed by atoms with Gasteiger partial charge < -0.3 is 10.7 Å². The minimum Gasteiger partial charge on any atom is -0.383 e. The van der Waals surface area contributed by atoms with Crippen molar-refractivity contribution in [1.82, 2.24) is 9.97 Å². The molecule has 0 fully saturated rings. The Morgan fingerprint density at radius 2 is 2.40 bits per heavy atom. The van der Waals surface area contributed by atoms with Crippen molar-refractivity contribution in [3.05, 3.63) is 33.4 Å². The Hall–Kier alpha value is -1.62. The lowest BCUT2D eigenvalue weighted by Gasteiger charge is -2.03. The third-order valence-electron chi connectivity index (χ3n) is 2.16. The van der Waals surface area contributed by atoms with Crippen molar-refractivity contribution < 1.29 is 0 Å². The van der Waals surface area contributed by atoms with Gasteiger partial charge in [0, 0.05) is 0 Å². The molecule has 3 N–H and O–H groups in total. The van der Waals surface area contributed by atoms with Crippen molar-refractivity contribution in [3.8, 4) is 10.7 Å². The Kier molecular flexibility index (Phi) is 2.55. The van der Waals surface area contributed by atoms with Gasteiger partial charge in [0.1, 0.15) is 5.82 Å². The number of anilines is 1. The fourth-order valence-electron chi connectivity index (χ4n) is 1.39. The largest absolute Gasteiger partial charge is 0.383 e. The molecular weight excluding hydrogens is 210 g/mol. The molecule has 0 radical (unpaired) electrons. The Morgan fingerprint density at radius 1 is 1.60 bits per heavy atom. The summed E-state index contributed by atoms with van der Waals surface area (Å²) in [6, 6.07) is 3.80. The number of aromatic nitrogens is 2. The number of aromatic amines is 1. The van der Waals surface area contributed by atoms with Gasteiger partial charge in [0.2, 0.25) is 0 Å². The van der Waals surface area contributed by atoms with Crippen LogP contribution in [0.15, 0.2) is 22.3 Å². The first-order valence-electron chi connectivity index (χ1n) is 4.65. The number of nitrogen functional groups attached to an aromatic ring is 1. The quantitative estimate of drug-likeness (QED) is 0.809. The highest BCUT2D eigenvalue weighted by Gasteiger charge is 2.08. The molecular formula is C10H11N3OS. The molecule has 0 unspecified atom stereocenters. The summed E-state index contributed by atoms with van der Waals surface area (Å²) in [5.74, 6) is 0.870. The highest BCUT2D eigenvalue weighted by Crippen LogP contribution is 2.20. The minimum absolute atomic E-state index is 0.145. The zero-order chi connectivity index (χ0) is 10.8. The minimum atomic E-state index is -0.145. The van der Waals surface area contributed by atoms with Crippen molar-refractivity contribution >= 4 is 17.2 Å². The van der Waals surface area contributed by atoms with E-state index in [1.807, 2.05) is 24.4 Å². The number of nitrogens with one attached hydrogen (secondary N) is 1. The summed E-state index contributed by atoms with van der Waals surface area (Å²) in [5.41, 5.74) is 6.12. The number of thiophene rings is 1. The third-order valence-corrected chi connectivity index (χ3v) is 3.03. The molecule has 0 aliphatic heterocycles. The number of nitrogens with two attached hydrogens (primary N) is 1. The fraction of sp³-hybridized carbons (Fsp3) is 0.200. The molecule has 2 aromatic heterocycles. The monoisotopic (exact) mass is 221 g/mol. The molecule has 0 saturated carbocycles. The maximum Gasteiger partial charge on any atom is 0.256 e. The van der Waals surface area contributed by atoms with Crippen LogP contribution in [0.2, 0.25) is 0 Å². The first-order valence-corrected chi connectivity index (χ1v) is 5.53. The third kappa shape index (κ3) is 1.78. The van der Waals surface area contributed by atoms with Gasteiger partial charge in [0.15, 0.2) is 5.82 Å². The molecule has 0 aromatic carbocycles. The van der Waals surface area contributed by atoms with Crippen molar-refractivity contribution in [3.63, 3.8) is 0 Å². The fourth-order valence-corrected chi connectivity index (χ4v) is 2.06. The van der Waals surface area contributed by atoms with Gasteiger partial charge in [-0.2, -0.15) is 0 Å². The van der Waals surface area contributed by atoms with Crippen molar-refractivity contribution in [1.29, 1.82) is 0 Å². The SMILES string of the molecule is CCc1c(N)nc(-c2cccs2)[nH]c1=O. The van der Waals surface area contributed by atoms with Crippen LogP contribution in [0, 0.1) is 0 Å². The van der Waals surface area contributed by atoms with Crippen molar-refractivity contribution in [2.24, 2.45) is 0 Å². The van der Waals surface area contributed by atoms with Gasteiger partial charge in [-0.1, -0.05) is 13.0 Å². The lowest BCUT2D eigenvalue weighted by molar-refractivity contribution is 1.02. The van der Waals surface area contributed by atoms with Crippen LogP contribution in [-0.2, 0) is 6.42 Å². The highest BCUT2D eigenvalue weighted by atomic mass is 32.1. The second-order valence-corrected chi connectivity index (χ2v) is 4.06. The molecule has 2 rings (SSSR count). The predicted octanol–water partition coefficient (Wildman–Crippen LogP) is 1.64. The van der Waals surface area contributed by atoms with Gasteiger partial charge in [-0.3, -0.25) is 4.79 Å². The molecule has 0 amide bonds. The van der Waals surface area contributed by atoms with Gasteiger partial charge in [-0.25, -0.2) is 4.98 Å². The van der Waals surface area contributed by atoms with Crippen LogP contribution in [0.3, 0.4) is 0 Å². The van der Waals surface area contributed by atoms with Crippen LogP contribution in [0.5, 0.6) is 0 Å². The van der Waals surface area contributed by atoms with Gasteiger partial charge >= 0.3 is 0 Å². The van der Waals surface area contributed by atoms with Gasteiger partial charge in [0.25, 0.3) is 5.56 Å². The van der Waals surface area contributed by atoms with Crippen LogP contribution in [0.4, 0.5) is 5.82 Å². The first kappa shape index (κ1) is 9.92. The van der Waals surface area contributed by atoms with E-state index < -0.39 is 0 Å². The van der Waals surface area contributed by atoms with E-state index in [2.05, 4.69) is 9.97 Å². The zero-order valence-electron chi connectivity index (χ0n) is 8.28. The van der Waals surface area contributed by atoms with E-state index in [0.717, 1.165) is 4.88 Å². The van der Waals surface area contributed by atoms with Crippen LogP contribution < -0.4 is 11.3 Å². The molecule has 2 heterocycles. The number of hydrogen-bond acceptors (Lipinski definition) is 4. The van der Waals surface area contributed by atoms with Crippen LogP contribution in [0.25, 0.3) is 10.7 Å². The zero-order valence-corrected chi connectivity index (χ0v) is 9.10. The van der Waals surface area contributed by atoms with E-state index in [0.29, 0.717) is 23.6 Å². The average Bonchev–Trinajstić information content (AvgIpc) is 2.69. The average molecular weight is 221 g/mol. The van der Waals surface area contributed by atoms with E-state index in [1.54, 1.807) is 0 Å². The molecule has 0 aliphatic rings. The van der Waals surface area contributed by atoms with Crippen molar-refractivity contribution in [2.75, 3.05) is 5.73 Å². The molecule has 5 heteroatoms. The topological polar surface area (TPSA) is 71.8 Å². The number of H-pyrrole nitrogens is 1. The van der Waals surface area contributed by atoms with E-state index in [-0.39, 0.29) is 5.56 Å². The second kappa shape index (κ2) is 3.86. The first-order chi connectivity index (χ1) is 7.22. The number of hydrogen-bond donors (Lipinski definition) is 2. The van der Waals surface area contributed by atoms with Crippen LogP contribution >= 0.6 is 11.3 Å². The summed E-state index contributed by atoms with van der Waals surface area (Å²) < 4.78 is 0. The normalized spacial score (nSPS) is 10.5. The van der Waals surface area contributed by atoms with Gasteiger partial charge in [-0.15, -0.1) is 11.3 Å². The second-order valence-electron chi connectivity index (χ2n) is 3.11. The smallest absolute Gasteiger partial charge is 0.256 e. The van der Waals surface area contributed by atoms with Gasteiger partial charge in [-0.05, 0) is 17.9 Å². The summed E-state index contributed by atoms with van der Waals surface area (Å²) >= 11 is 1.52. The molecule has 0 atom stereocenters. The lowest BCUT2D eigenvalue weighted by Crippen LogP contribution is -2.17. The van der Waals surface area contributed by atoms with Crippen LogP contribution in [0.1, 0.15) is 12.5 Å². The standard InChI is InChI=1S/C10H11N3OS/c1-2-6-8(11)12-9(13-10(6)14)7-4-3-5-15-7/h3-5H,2H2,1H3,(H3,11,12,13,14). The summed E-state index contributed by atoms with van der Waals surface area (Å²) in [4.78, 5) is 19.4. The van der Waals surface area contributed by atoms with Gasteiger partial charge in [0.05, 0.1) is 10.4 Å². The lowest BCUT2D eigenvalue weighted by atomic mass is 10.2. The van der Waals surface area contributed by atoms with E-state index in [4.69, 9.17) is 5.73 Å². The molecule has 0 saturated heterocycles. The summed E-state index contributed by atoms with van der Waals surface area (Å²) in [5, 5.41) is 1.93. The molecule has 2 aromatic rings. The molecule has 0 bridgehead atoms. The molecule has 0 spiro atoms. The molecule has 78 valence electrons. The Balaban J connectivity index is 2.58. The van der Waals surface area contributed by atoms with E-state index >= 15 is 0 Å². The van der Waals surface area contributed by atoms with E-state index in [1.165, 1.54) is 11.3 Å². The maximum atomic E-state index is 11.6. The van der Waals surface area contributed by atoms with Crippen molar-refractivity contribution in [2.45, 2.75) is 13.3 Å². The summed E-state index contributed by atoms with van der Waals surface area (Å²) in [7, 11) is 0. The number of nitrogens with zero attached hydrogens (tertiary/aromatic N) is 1. The van der Waals surface area contributed by atoms with E-state index in [9.17, 15) is 4.79 Å². The molecule has 15 heavy (non-hydrogen) atoms. The Bertz CT molecular complexity index is 516. The Morgan fingerprint density at radius 3 is 2.93 bits per heavy atom. The highest BCUT2D eigenvalue weighted by molar-refractivity contribution is 7.13. The summed E-state index contributed by atoms with van der Waals surface area (Å²) in [6.07, 6.45) is 0.596. The van der Waals surface area contributed by atoms with Crippen LogP contribution in [-0.4, -0.2) is 9.97 Å². The maximum absolute atomic E-state index is 11.6. The predicted molar refractivity (Wildman–Crippen MR) is 62.0 cm³/mol.